The van der Waals surface area contributed by atoms with Crippen LogP contribution in [0.15, 0.2) is 57.7 Å². The van der Waals surface area contributed by atoms with Gasteiger partial charge in [0.15, 0.2) is 0 Å². The molecule has 3 aromatic rings. The fraction of sp³-hybridized carbons (Fsp3) is 0.167. The van der Waals surface area contributed by atoms with Crippen molar-refractivity contribution in [1.29, 1.82) is 0 Å². The van der Waals surface area contributed by atoms with Gasteiger partial charge in [-0.2, -0.15) is 11.3 Å². The maximum Gasteiger partial charge on any atom is 0.244 e. The van der Waals surface area contributed by atoms with Gasteiger partial charge in [-0.3, -0.25) is 4.79 Å². The first-order chi connectivity index (χ1) is 11.0. The zero-order valence-electron chi connectivity index (χ0n) is 12.7. The van der Waals surface area contributed by atoms with E-state index in [1.165, 1.54) is 6.08 Å². The van der Waals surface area contributed by atoms with Crippen molar-refractivity contribution in [3.05, 3.63) is 64.6 Å². The quantitative estimate of drug-likeness (QED) is 0.705. The average molecular weight is 327 g/mol. The van der Waals surface area contributed by atoms with E-state index in [-0.39, 0.29) is 12.5 Å². The highest BCUT2D eigenvalue weighted by molar-refractivity contribution is 7.08. The topological polar surface area (TPSA) is 62.5 Å². The molecule has 4 nitrogen and oxygen atoms in total. The van der Waals surface area contributed by atoms with E-state index in [1.54, 1.807) is 30.4 Å². The Morgan fingerprint density at radius 1 is 1.39 bits per heavy atom. The van der Waals surface area contributed by atoms with Gasteiger partial charge in [-0.05, 0) is 47.5 Å². The normalized spacial score (nSPS) is 14.2. The van der Waals surface area contributed by atoms with Crippen LogP contribution in [0.1, 0.15) is 18.2 Å². The molecule has 2 aromatic heterocycles. The Hall–Kier alpha value is -2.37. The molecule has 5 heteroatoms. The van der Waals surface area contributed by atoms with Crippen molar-refractivity contribution in [2.45, 2.75) is 12.5 Å². The molecule has 0 aliphatic carbocycles. The molecule has 0 saturated heterocycles. The maximum absolute atomic E-state index is 11.9. The highest BCUT2D eigenvalue weighted by atomic mass is 32.1. The summed E-state index contributed by atoms with van der Waals surface area (Å²) in [5.74, 6) is 0.174. The van der Waals surface area contributed by atoms with E-state index < -0.39 is 5.60 Å². The second kappa shape index (κ2) is 6.40. The molecule has 1 amide bonds. The van der Waals surface area contributed by atoms with Crippen molar-refractivity contribution in [2.24, 2.45) is 0 Å². The number of benzene rings is 1. The minimum Gasteiger partial charge on any atom is -0.458 e. The summed E-state index contributed by atoms with van der Waals surface area (Å²) >= 11 is 1.57. The van der Waals surface area contributed by atoms with Crippen LogP contribution in [-0.2, 0) is 10.4 Å². The molecule has 1 aromatic carbocycles. The lowest BCUT2D eigenvalue weighted by molar-refractivity contribution is -0.117. The Kier molecular flexibility index (Phi) is 4.32. The molecular formula is C18H17NO3S. The highest BCUT2D eigenvalue weighted by Gasteiger charge is 2.27. The largest absolute Gasteiger partial charge is 0.458 e. The number of hydrogen-bond acceptors (Lipinski definition) is 4. The molecule has 2 heterocycles. The third-order valence-electron chi connectivity index (χ3n) is 3.53. The summed E-state index contributed by atoms with van der Waals surface area (Å²) in [5.41, 5.74) is 0.422. The fourth-order valence-corrected chi connectivity index (χ4v) is 2.82. The molecule has 0 unspecified atom stereocenters. The Balaban J connectivity index is 1.65. The number of hydrogen-bond donors (Lipinski definition) is 2. The Morgan fingerprint density at radius 2 is 2.22 bits per heavy atom. The van der Waals surface area contributed by atoms with Crippen molar-refractivity contribution in [2.75, 3.05) is 6.54 Å². The Bertz CT molecular complexity index is 798. The number of amides is 1. The first-order valence-corrected chi connectivity index (χ1v) is 8.18. The summed E-state index contributed by atoms with van der Waals surface area (Å²) in [6, 6.07) is 11.3. The molecule has 0 aliphatic heterocycles. The molecular weight excluding hydrogens is 310 g/mol. The molecule has 3 rings (SSSR count). The number of carbonyl (C=O) groups is 1. The van der Waals surface area contributed by atoms with E-state index in [2.05, 4.69) is 5.32 Å². The predicted molar refractivity (Wildman–Crippen MR) is 92.1 cm³/mol. The van der Waals surface area contributed by atoms with E-state index >= 15 is 0 Å². The van der Waals surface area contributed by atoms with Crippen LogP contribution in [-0.4, -0.2) is 17.6 Å². The van der Waals surface area contributed by atoms with Crippen LogP contribution in [0.5, 0.6) is 0 Å². The minimum atomic E-state index is -1.27. The number of thiophene rings is 1. The van der Waals surface area contributed by atoms with Crippen LogP contribution in [0.3, 0.4) is 0 Å². The number of nitrogens with one attached hydrogen (secondary N) is 1. The van der Waals surface area contributed by atoms with Gasteiger partial charge in [0, 0.05) is 11.5 Å². The Morgan fingerprint density at radius 3 is 2.96 bits per heavy atom. The summed E-state index contributed by atoms with van der Waals surface area (Å²) in [6.45, 7) is 1.69. The van der Waals surface area contributed by atoms with E-state index in [1.807, 2.05) is 41.1 Å². The van der Waals surface area contributed by atoms with Crippen LogP contribution < -0.4 is 5.32 Å². The lowest BCUT2D eigenvalue weighted by Gasteiger charge is -2.20. The molecule has 2 N–H and O–H groups in total. The van der Waals surface area contributed by atoms with Crippen molar-refractivity contribution < 1.29 is 14.3 Å². The van der Waals surface area contributed by atoms with E-state index in [4.69, 9.17) is 4.42 Å². The van der Waals surface area contributed by atoms with Crippen molar-refractivity contribution in [3.63, 3.8) is 0 Å². The number of para-hydroxylation sites is 1. The second-order valence-corrected chi connectivity index (χ2v) is 6.31. The lowest BCUT2D eigenvalue weighted by atomic mass is 10.0. The van der Waals surface area contributed by atoms with E-state index in [0.717, 1.165) is 10.9 Å². The van der Waals surface area contributed by atoms with Gasteiger partial charge in [-0.15, -0.1) is 0 Å². The standard InChI is InChI=1S/C18H17NO3S/c1-18(21,16-10-14-4-2-3-5-15(14)22-16)12-19-17(20)7-6-13-8-9-23-11-13/h2-11,21H,12H2,1H3,(H,19,20)/b7-6+/t18-/m1/s1. The molecule has 0 spiro atoms. The SMILES string of the molecule is C[C@@](O)(CNC(=O)/C=C/c1ccsc1)c1cc2ccccc2o1. The number of carbonyl (C=O) groups excluding carboxylic acids is 1. The van der Waals surface area contributed by atoms with Crippen LogP contribution in [0, 0.1) is 0 Å². The molecule has 1 atom stereocenters. The highest BCUT2D eigenvalue weighted by Crippen LogP contribution is 2.27. The summed E-state index contributed by atoms with van der Waals surface area (Å²) < 4.78 is 5.67. The van der Waals surface area contributed by atoms with Gasteiger partial charge in [-0.25, -0.2) is 0 Å². The summed E-state index contributed by atoms with van der Waals surface area (Å²) in [5, 5.41) is 18.1. The molecule has 0 radical (unpaired) electrons. The third kappa shape index (κ3) is 3.70. The van der Waals surface area contributed by atoms with E-state index in [9.17, 15) is 9.90 Å². The molecule has 0 bridgehead atoms. The second-order valence-electron chi connectivity index (χ2n) is 5.53. The number of aliphatic hydroxyl groups is 1. The van der Waals surface area contributed by atoms with Gasteiger partial charge in [0.2, 0.25) is 5.91 Å². The van der Waals surface area contributed by atoms with Crippen LogP contribution in [0.2, 0.25) is 0 Å². The molecule has 0 fully saturated rings. The zero-order chi connectivity index (χ0) is 16.3. The van der Waals surface area contributed by atoms with Gasteiger partial charge in [0.05, 0.1) is 6.54 Å². The van der Waals surface area contributed by atoms with Gasteiger partial charge in [0.25, 0.3) is 0 Å². The first kappa shape index (κ1) is 15.5. The van der Waals surface area contributed by atoms with Crippen LogP contribution >= 0.6 is 11.3 Å². The third-order valence-corrected chi connectivity index (χ3v) is 4.23. The molecule has 23 heavy (non-hydrogen) atoms. The van der Waals surface area contributed by atoms with Crippen molar-refractivity contribution in [3.8, 4) is 0 Å². The van der Waals surface area contributed by atoms with Crippen LogP contribution in [0.4, 0.5) is 0 Å². The predicted octanol–water partition coefficient (Wildman–Crippen LogP) is 3.53. The van der Waals surface area contributed by atoms with Crippen molar-refractivity contribution in [1.82, 2.24) is 5.32 Å². The zero-order valence-corrected chi connectivity index (χ0v) is 13.5. The molecule has 118 valence electrons. The van der Waals surface area contributed by atoms with E-state index in [0.29, 0.717) is 11.3 Å². The number of furan rings is 1. The van der Waals surface area contributed by atoms with Crippen LogP contribution in [0.25, 0.3) is 17.0 Å². The summed E-state index contributed by atoms with van der Waals surface area (Å²) in [6.07, 6.45) is 3.19. The average Bonchev–Trinajstić information content (AvgIpc) is 3.20. The monoisotopic (exact) mass is 327 g/mol. The smallest absolute Gasteiger partial charge is 0.244 e. The first-order valence-electron chi connectivity index (χ1n) is 7.24. The van der Waals surface area contributed by atoms with Crippen molar-refractivity contribution >= 4 is 34.3 Å². The van der Waals surface area contributed by atoms with Gasteiger partial charge in [0.1, 0.15) is 16.9 Å². The summed E-state index contributed by atoms with van der Waals surface area (Å²) in [4.78, 5) is 11.9. The number of fused-ring (bicyclic) bond motifs is 1. The minimum absolute atomic E-state index is 0.0691. The summed E-state index contributed by atoms with van der Waals surface area (Å²) in [7, 11) is 0. The lowest BCUT2D eigenvalue weighted by Crippen LogP contribution is -2.37. The molecule has 0 aliphatic rings. The van der Waals surface area contributed by atoms with Gasteiger partial charge in [-0.1, -0.05) is 18.2 Å². The van der Waals surface area contributed by atoms with Gasteiger partial charge < -0.3 is 14.8 Å². The maximum atomic E-state index is 11.9. The molecule has 0 saturated carbocycles. The number of rotatable bonds is 5. The fourth-order valence-electron chi connectivity index (χ4n) is 2.19. The van der Waals surface area contributed by atoms with Gasteiger partial charge >= 0.3 is 0 Å². The Labute approximate surface area is 138 Å².